The Bertz CT molecular complexity index is 515. The van der Waals surface area contributed by atoms with Crippen LogP contribution in [0, 0.1) is 11.9 Å². The van der Waals surface area contributed by atoms with Gasteiger partial charge in [0.15, 0.2) is 0 Å². The van der Waals surface area contributed by atoms with E-state index in [9.17, 15) is 9.18 Å². The summed E-state index contributed by atoms with van der Waals surface area (Å²) in [5.41, 5.74) is -2.15. The molecule has 4 nitrogen and oxygen atoms in total. The molecule has 0 aromatic carbocycles. The van der Waals surface area contributed by atoms with Crippen molar-refractivity contribution in [3.8, 4) is 0 Å². The van der Waals surface area contributed by atoms with Crippen LogP contribution >= 0.6 is 11.6 Å². The van der Waals surface area contributed by atoms with E-state index in [1.165, 1.54) is 6.07 Å². The van der Waals surface area contributed by atoms with Crippen molar-refractivity contribution in [2.24, 2.45) is 5.92 Å². The summed E-state index contributed by atoms with van der Waals surface area (Å²) in [6.45, 7) is 1.58. The number of nitrogens with zero attached hydrogens (tertiary/aromatic N) is 2. The van der Waals surface area contributed by atoms with Gasteiger partial charge in [0.05, 0.1) is 5.02 Å². The number of aromatic nitrogens is 1. The molecule has 104 valence electrons. The molecular weight excluding hydrogens is 278 g/mol. The lowest BCUT2D eigenvalue weighted by Gasteiger charge is -2.40. The third-order valence-electron chi connectivity index (χ3n) is 3.54. The van der Waals surface area contributed by atoms with Crippen molar-refractivity contribution in [2.75, 3.05) is 13.1 Å². The molecule has 2 rings (SSSR count). The molecule has 0 radical (unpaired) electrons. The Balaban J connectivity index is 2.33. The number of carbonyl (C=O) groups is 1. The number of carboxylic acid groups (broad SMARTS) is 1. The van der Waals surface area contributed by atoms with Gasteiger partial charge < -0.3 is 10.0 Å². The number of likely N-dealkylation sites (tertiary alicyclic amines) is 1. The Kier molecular flexibility index (Phi) is 3.62. The molecule has 1 saturated heterocycles. The van der Waals surface area contributed by atoms with Gasteiger partial charge in [-0.25, -0.2) is 14.2 Å². The van der Waals surface area contributed by atoms with Crippen LogP contribution in [0.3, 0.4) is 0 Å². The second kappa shape index (κ2) is 4.92. The van der Waals surface area contributed by atoms with E-state index in [2.05, 4.69) is 4.98 Å². The minimum atomic E-state index is -1.95. The molecule has 0 saturated carbocycles. The van der Waals surface area contributed by atoms with Crippen LogP contribution in [0.2, 0.25) is 5.02 Å². The maximum atomic E-state index is 15.0. The molecule has 0 aliphatic carbocycles. The second-order valence-corrected chi connectivity index (χ2v) is 5.17. The van der Waals surface area contributed by atoms with Crippen molar-refractivity contribution < 1.29 is 18.7 Å². The molecule has 1 aliphatic rings. The zero-order chi connectivity index (χ0) is 14.2. The normalized spacial score (nSPS) is 27.4. The zero-order valence-electron chi connectivity index (χ0n) is 10.2. The molecule has 2 heterocycles. The lowest BCUT2D eigenvalue weighted by molar-refractivity contribution is 0.00353. The minimum Gasteiger partial charge on any atom is -0.465 e. The van der Waals surface area contributed by atoms with Crippen molar-refractivity contribution in [1.29, 1.82) is 0 Å². The number of rotatable bonds is 1. The van der Waals surface area contributed by atoms with Crippen molar-refractivity contribution in [3.63, 3.8) is 0 Å². The zero-order valence-corrected chi connectivity index (χ0v) is 11.0. The predicted molar refractivity (Wildman–Crippen MR) is 65.4 cm³/mol. The Labute approximate surface area is 114 Å². The fraction of sp³-hybridized carbons (Fsp3) is 0.500. The molecular formula is C12H13ClF2N2O2. The van der Waals surface area contributed by atoms with E-state index >= 15 is 4.39 Å². The molecule has 1 aliphatic heterocycles. The van der Waals surface area contributed by atoms with Crippen LogP contribution in [0.5, 0.6) is 0 Å². The van der Waals surface area contributed by atoms with Gasteiger partial charge in [-0.3, -0.25) is 0 Å². The smallest absolute Gasteiger partial charge is 0.407 e. The van der Waals surface area contributed by atoms with E-state index in [0.29, 0.717) is 0 Å². The first-order valence-electron chi connectivity index (χ1n) is 5.83. The maximum absolute atomic E-state index is 15.0. The summed E-state index contributed by atoms with van der Waals surface area (Å²) in [7, 11) is 0. The lowest BCUT2D eigenvalue weighted by atomic mass is 9.79. The monoisotopic (exact) mass is 290 g/mol. The number of hydrogen-bond donors (Lipinski definition) is 1. The van der Waals surface area contributed by atoms with E-state index in [0.717, 1.165) is 11.1 Å². The van der Waals surface area contributed by atoms with E-state index < -0.39 is 23.6 Å². The van der Waals surface area contributed by atoms with Gasteiger partial charge in [0.25, 0.3) is 0 Å². The number of hydrogen-bond acceptors (Lipinski definition) is 2. The van der Waals surface area contributed by atoms with Crippen LogP contribution in [-0.4, -0.2) is 34.2 Å². The Morgan fingerprint density at radius 2 is 2.37 bits per heavy atom. The van der Waals surface area contributed by atoms with Crippen molar-refractivity contribution in [1.82, 2.24) is 9.88 Å². The summed E-state index contributed by atoms with van der Waals surface area (Å²) in [5, 5.41) is 9.05. The van der Waals surface area contributed by atoms with E-state index in [-0.39, 0.29) is 30.1 Å². The first-order valence-corrected chi connectivity index (χ1v) is 6.20. The van der Waals surface area contributed by atoms with Crippen molar-refractivity contribution >= 4 is 17.7 Å². The maximum Gasteiger partial charge on any atom is 0.407 e. The number of halogens is 3. The number of piperidine rings is 1. The standard InChI is InChI=1S/C12H13ClF2N2O2/c1-7-6-17(11(18)19)3-2-12(7,15)9-4-8(13)5-16-10(9)14/h4-5,7H,2-3,6H2,1H3,(H,18,19). The van der Waals surface area contributed by atoms with Crippen LogP contribution in [0.4, 0.5) is 13.6 Å². The summed E-state index contributed by atoms with van der Waals surface area (Å²) >= 11 is 5.72. The summed E-state index contributed by atoms with van der Waals surface area (Å²) in [4.78, 5) is 15.4. The van der Waals surface area contributed by atoms with Gasteiger partial charge in [-0.2, -0.15) is 4.39 Å². The Morgan fingerprint density at radius 3 is 2.95 bits per heavy atom. The third-order valence-corrected chi connectivity index (χ3v) is 3.75. The molecule has 2 atom stereocenters. The summed E-state index contributed by atoms with van der Waals surface area (Å²) in [6.07, 6.45) is -0.0983. The predicted octanol–water partition coefficient (Wildman–Crippen LogP) is 3.06. The van der Waals surface area contributed by atoms with Gasteiger partial charge in [0.2, 0.25) is 5.95 Å². The van der Waals surface area contributed by atoms with E-state index in [1.807, 2.05) is 0 Å². The van der Waals surface area contributed by atoms with Crippen LogP contribution in [-0.2, 0) is 5.67 Å². The number of amides is 1. The topological polar surface area (TPSA) is 53.4 Å². The first kappa shape index (κ1) is 14.0. The van der Waals surface area contributed by atoms with Gasteiger partial charge >= 0.3 is 6.09 Å². The summed E-state index contributed by atoms with van der Waals surface area (Å²) in [5.74, 6) is -1.57. The average Bonchev–Trinajstić information content (AvgIpc) is 2.35. The molecule has 1 aromatic rings. The first-order chi connectivity index (χ1) is 8.84. The highest BCUT2D eigenvalue weighted by Crippen LogP contribution is 2.42. The average molecular weight is 291 g/mol. The molecule has 7 heteroatoms. The number of pyridine rings is 1. The SMILES string of the molecule is CC1CN(C(=O)O)CCC1(F)c1cc(Cl)cnc1F. The quantitative estimate of drug-likeness (QED) is 0.809. The fourth-order valence-corrected chi connectivity index (χ4v) is 2.56. The molecule has 0 bridgehead atoms. The third kappa shape index (κ3) is 2.49. The number of alkyl halides is 1. The molecule has 1 amide bonds. The highest BCUT2D eigenvalue weighted by molar-refractivity contribution is 6.30. The summed E-state index contributed by atoms with van der Waals surface area (Å²) in [6, 6.07) is 1.22. The highest BCUT2D eigenvalue weighted by atomic mass is 35.5. The second-order valence-electron chi connectivity index (χ2n) is 4.73. The van der Waals surface area contributed by atoms with Crippen LogP contribution in [0.1, 0.15) is 18.9 Å². The van der Waals surface area contributed by atoms with Gasteiger partial charge in [-0.15, -0.1) is 0 Å². The van der Waals surface area contributed by atoms with Gasteiger partial charge in [-0.05, 0) is 6.07 Å². The largest absolute Gasteiger partial charge is 0.465 e. The van der Waals surface area contributed by atoms with Crippen LogP contribution in [0.25, 0.3) is 0 Å². The molecule has 1 N–H and O–H groups in total. The van der Waals surface area contributed by atoms with E-state index in [1.54, 1.807) is 6.92 Å². The Morgan fingerprint density at radius 1 is 1.68 bits per heavy atom. The van der Waals surface area contributed by atoms with Crippen molar-refractivity contribution in [2.45, 2.75) is 19.0 Å². The molecule has 1 aromatic heterocycles. The Hall–Kier alpha value is -1.43. The minimum absolute atomic E-state index is 0.0117. The van der Waals surface area contributed by atoms with Gasteiger partial charge in [-0.1, -0.05) is 18.5 Å². The highest BCUT2D eigenvalue weighted by Gasteiger charge is 2.45. The van der Waals surface area contributed by atoms with Gasteiger partial charge in [0, 0.05) is 37.2 Å². The fourth-order valence-electron chi connectivity index (χ4n) is 2.40. The van der Waals surface area contributed by atoms with Gasteiger partial charge in [0.1, 0.15) is 5.67 Å². The van der Waals surface area contributed by atoms with Crippen LogP contribution < -0.4 is 0 Å². The molecule has 2 unspecified atom stereocenters. The van der Waals surface area contributed by atoms with Crippen LogP contribution in [0.15, 0.2) is 12.3 Å². The van der Waals surface area contributed by atoms with E-state index in [4.69, 9.17) is 16.7 Å². The molecule has 19 heavy (non-hydrogen) atoms. The molecule has 0 spiro atoms. The molecule has 1 fully saturated rings. The van der Waals surface area contributed by atoms with Crippen molar-refractivity contribution in [3.05, 3.63) is 28.8 Å². The lowest BCUT2D eigenvalue weighted by Crippen LogP contribution is -2.48. The summed E-state index contributed by atoms with van der Waals surface area (Å²) < 4.78 is 28.7.